The van der Waals surface area contributed by atoms with Crippen molar-refractivity contribution in [3.8, 4) is 11.4 Å². The van der Waals surface area contributed by atoms with E-state index in [9.17, 15) is 18.0 Å². The van der Waals surface area contributed by atoms with E-state index in [0.717, 1.165) is 33.3 Å². The van der Waals surface area contributed by atoms with Crippen molar-refractivity contribution in [1.29, 1.82) is 0 Å². The largest absolute Gasteiger partial charge is 0.490 e. The van der Waals surface area contributed by atoms with E-state index in [1.54, 1.807) is 25.4 Å². The number of halogens is 3. The summed E-state index contributed by atoms with van der Waals surface area (Å²) in [6.45, 7) is 0. The molecule has 4 aromatic rings. The smallest absolute Gasteiger partial charge is 0.475 e. The normalized spacial score (nSPS) is 11.2. The Labute approximate surface area is 160 Å². The number of fused-ring (bicyclic) bond motifs is 2. The Morgan fingerprint density at radius 3 is 2.48 bits per heavy atom. The number of rotatable bonds is 2. The first-order valence-corrected chi connectivity index (χ1v) is 8.14. The molecule has 29 heavy (non-hydrogen) atoms. The molecule has 1 amide bonds. The van der Waals surface area contributed by atoms with Crippen molar-refractivity contribution in [3.63, 3.8) is 0 Å². The second-order valence-electron chi connectivity index (χ2n) is 5.87. The van der Waals surface area contributed by atoms with Crippen LogP contribution in [0.5, 0.6) is 0 Å². The Bertz CT molecular complexity index is 1200. The van der Waals surface area contributed by atoms with E-state index in [1.165, 1.54) is 0 Å². The van der Waals surface area contributed by atoms with Gasteiger partial charge in [-0.1, -0.05) is 12.1 Å². The number of imidazole rings is 1. The molecule has 0 unspecified atom stereocenters. The third-order valence-electron chi connectivity index (χ3n) is 3.93. The molecule has 11 heteroatoms. The van der Waals surface area contributed by atoms with Gasteiger partial charge < -0.3 is 15.4 Å². The summed E-state index contributed by atoms with van der Waals surface area (Å²) >= 11 is 0. The molecule has 150 valence electrons. The first-order valence-electron chi connectivity index (χ1n) is 8.14. The molecule has 2 aromatic heterocycles. The molecule has 4 N–H and O–H groups in total. The second-order valence-corrected chi connectivity index (χ2v) is 5.87. The van der Waals surface area contributed by atoms with Gasteiger partial charge in [-0.25, -0.2) is 9.78 Å². The van der Waals surface area contributed by atoms with Crippen LogP contribution in [0.2, 0.25) is 0 Å². The summed E-state index contributed by atoms with van der Waals surface area (Å²) < 4.78 is 31.7. The lowest BCUT2D eigenvalue weighted by Crippen LogP contribution is -2.21. The molecule has 0 saturated heterocycles. The zero-order valence-corrected chi connectivity index (χ0v) is 14.8. The Morgan fingerprint density at radius 1 is 1.10 bits per heavy atom. The number of nitrogens with zero attached hydrogens (tertiary/aromatic N) is 2. The number of benzene rings is 2. The molecule has 8 nitrogen and oxygen atoms in total. The van der Waals surface area contributed by atoms with E-state index in [0.29, 0.717) is 5.56 Å². The molecule has 0 aliphatic rings. The second kappa shape index (κ2) is 7.62. The number of aromatic nitrogens is 4. The molecule has 0 bridgehead atoms. The van der Waals surface area contributed by atoms with Crippen LogP contribution in [0, 0.1) is 0 Å². The SMILES string of the molecule is CNC(=O)c1ccc2nc(-c3ccc4cn[nH]c4c3)[nH]c2c1.O=C(O)C(F)(F)F. The van der Waals surface area contributed by atoms with Gasteiger partial charge in [0.25, 0.3) is 5.91 Å². The van der Waals surface area contributed by atoms with Crippen LogP contribution in [0.4, 0.5) is 13.2 Å². The van der Waals surface area contributed by atoms with E-state index >= 15 is 0 Å². The van der Waals surface area contributed by atoms with Crippen LogP contribution in [0.25, 0.3) is 33.3 Å². The lowest BCUT2D eigenvalue weighted by atomic mass is 10.1. The van der Waals surface area contributed by atoms with Crippen molar-refractivity contribution < 1.29 is 27.9 Å². The maximum atomic E-state index is 11.7. The number of alkyl halides is 3. The fourth-order valence-electron chi connectivity index (χ4n) is 2.52. The van der Waals surface area contributed by atoms with Gasteiger partial charge in [-0.05, 0) is 24.3 Å². The number of aliphatic carboxylic acids is 1. The number of hydrogen-bond donors (Lipinski definition) is 4. The molecule has 0 atom stereocenters. The molecular weight excluding hydrogens is 391 g/mol. The van der Waals surface area contributed by atoms with Gasteiger partial charge in [0, 0.05) is 23.6 Å². The number of carbonyl (C=O) groups is 2. The molecular formula is C18H14F3N5O3. The highest BCUT2D eigenvalue weighted by molar-refractivity contribution is 5.97. The maximum Gasteiger partial charge on any atom is 0.490 e. The van der Waals surface area contributed by atoms with E-state index in [4.69, 9.17) is 9.90 Å². The van der Waals surface area contributed by atoms with Crippen LogP contribution in [0.15, 0.2) is 42.6 Å². The van der Waals surface area contributed by atoms with Crippen LogP contribution in [0.1, 0.15) is 10.4 Å². The summed E-state index contributed by atoms with van der Waals surface area (Å²) in [4.78, 5) is 28.4. The third kappa shape index (κ3) is 4.34. The molecule has 4 rings (SSSR count). The van der Waals surface area contributed by atoms with Crippen LogP contribution < -0.4 is 5.32 Å². The van der Waals surface area contributed by atoms with E-state index < -0.39 is 12.1 Å². The van der Waals surface area contributed by atoms with Crippen LogP contribution in [0.3, 0.4) is 0 Å². The minimum absolute atomic E-state index is 0.114. The number of carbonyl (C=O) groups excluding carboxylic acids is 1. The molecule has 0 aliphatic heterocycles. The third-order valence-corrected chi connectivity index (χ3v) is 3.93. The molecule has 0 saturated carbocycles. The highest BCUT2D eigenvalue weighted by Crippen LogP contribution is 2.24. The van der Waals surface area contributed by atoms with Crippen molar-refractivity contribution in [2.75, 3.05) is 7.05 Å². The van der Waals surface area contributed by atoms with Gasteiger partial charge >= 0.3 is 12.1 Å². The number of nitrogens with one attached hydrogen (secondary N) is 3. The van der Waals surface area contributed by atoms with E-state index in [-0.39, 0.29) is 5.91 Å². The van der Waals surface area contributed by atoms with E-state index in [1.807, 2.05) is 24.3 Å². The van der Waals surface area contributed by atoms with E-state index in [2.05, 4.69) is 25.5 Å². The van der Waals surface area contributed by atoms with Gasteiger partial charge in [-0.2, -0.15) is 18.3 Å². The van der Waals surface area contributed by atoms with Crippen LogP contribution in [-0.2, 0) is 4.79 Å². The zero-order chi connectivity index (χ0) is 21.2. The lowest BCUT2D eigenvalue weighted by Gasteiger charge is -1.98. The predicted octanol–water partition coefficient (Wildman–Crippen LogP) is 3.10. The first kappa shape index (κ1) is 19.9. The predicted molar refractivity (Wildman–Crippen MR) is 98.3 cm³/mol. The van der Waals surface area contributed by atoms with Gasteiger partial charge in [0.1, 0.15) is 5.82 Å². The average Bonchev–Trinajstić information content (AvgIpc) is 3.32. The lowest BCUT2D eigenvalue weighted by molar-refractivity contribution is -0.192. The highest BCUT2D eigenvalue weighted by atomic mass is 19.4. The fraction of sp³-hybridized carbons (Fsp3) is 0.111. The molecule has 0 fully saturated rings. The Kier molecular flexibility index (Phi) is 5.22. The molecule has 0 aliphatic carbocycles. The number of carboxylic acid groups (broad SMARTS) is 1. The molecule has 2 heterocycles. The summed E-state index contributed by atoms with van der Waals surface area (Å²) in [5.41, 5.74) is 4.20. The highest BCUT2D eigenvalue weighted by Gasteiger charge is 2.38. The Hall–Kier alpha value is -3.89. The number of carboxylic acids is 1. The van der Waals surface area contributed by atoms with Crippen molar-refractivity contribution in [3.05, 3.63) is 48.2 Å². The molecule has 2 aromatic carbocycles. The monoisotopic (exact) mass is 405 g/mol. The fourth-order valence-corrected chi connectivity index (χ4v) is 2.52. The molecule has 0 spiro atoms. The summed E-state index contributed by atoms with van der Waals surface area (Å²) in [6.07, 6.45) is -3.30. The number of amides is 1. The van der Waals surface area contributed by atoms with Crippen molar-refractivity contribution in [2.45, 2.75) is 6.18 Å². The Balaban J connectivity index is 0.000000298. The minimum Gasteiger partial charge on any atom is -0.475 e. The Morgan fingerprint density at radius 2 is 1.83 bits per heavy atom. The van der Waals surface area contributed by atoms with Crippen LogP contribution >= 0.6 is 0 Å². The first-order chi connectivity index (χ1) is 13.7. The zero-order valence-electron chi connectivity index (χ0n) is 14.8. The number of aromatic amines is 2. The standard InChI is InChI=1S/C16H13N5O.C2HF3O2/c1-17-16(22)10-4-5-12-14(7-10)20-15(19-12)9-2-3-11-8-18-21-13(11)6-9;3-2(4,5)1(6)7/h2-8H,1H3,(H,17,22)(H,18,21)(H,19,20);(H,6,7). The summed E-state index contributed by atoms with van der Waals surface area (Å²) in [5, 5.41) is 17.8. The molecule has 0 radical (unpaired) electrons. The van der Waals surface area contributed by atoms with Gasteiger partial charge in [-0.3, -0.25) is 9.89 Å². The maximum absolute atomic E-state index is 11.7. The van der Waals surface area contributed by atoms with Gasteiger partial charge in [0.15, 0.2) is 0 Å². The summed E-state index contributed by atoms with van der Waals surface area (Å²) in [5.74, 6) is -2.11. The van der Waals surface area contributed by atoms with Gasteiger partial charge in [0.05, 0.1) is 22.7 Å². The van der Waals surface area contributed by atoms with Gasteiger partial charge in [-0.15, -0.1) is 0 Å². The topological polar surface area (TPSA) is 124 Å². The van der Waals surface area contributed by atoms with Crippen molar-refractivity contribution >= 4 is 33.8 Å². The van der Waals surface area contributed by atoms with Crippen molar-refractivity contribution in [1.82, 2.24) is 25.5 Å². The van der Waals surface area contributed by atoms with Gasteiger partial charge in [0.2, 0.25) is 0 Å². The quantitative estimate of drug-likeness (QED) is 0.408. The summed E-state index contributed by atoms with van der Waals surface area (Å²) in [7, 11) is 1.62. The average molecular weight is 405 g/mol. The minimum atomic E-state index is -5.08. The summed E-state index contributed by atoms with van der Waals surface area (Å²) in [6, 6.07) is 11.4. The van der Waals surface area contributed by atoms with Crippen molar-refractivity contribution in [2.24, 2.45) is 0 Å². The number of H-pyrrole nitrogens is 2. The number of hydrogen-bond acceptors (Lipinski definition) is 4. The van der Waals surface area contributed by atoms with Crippen LogP contribution in [-0.4, -0.2) is 50.4 Å².